The number of nitrogens with one attached hydrogen (secondary N) is 2. The fourth-order valence-corrected chi connectivity index (χ4v) is 4.68. The van der Waals surface area contributed by atoms with E-state index in [1.807, 2.05) is 0 Å². The van der Waals surface area contributed by atoms with E-state index in [4.69, 9.17) is 0 Å². The Kier molecular flexibility index (Phi) is 8.13. The van der Waals surface area contributed by atoms with Gasteiger partial charge in [0.15, 0.2) is 5.13 Å². The van der Waals surface area contributed by atoms with Crippen LogP contribution < -0.4 is 10.6 Å². The molecule has 2 aromatic rings. The zero-order valence-electron chi connectivity index (χ0n) is 17.0. The monoisotopic (exact) mass is 439 g/mol. The van der Waals surface area contributed by atoms with Gasteiger partial charge in [-0.25, -0.2) is 4.98 Å². The van der Waals surface area contributed by atoms with Gasteiger partial charge in [-0.05, 0) is 43.9 Å². The van der Waals surface area contributed by atoms with E-state index in [-0.39, 0.29) is 18.1 Å². The minimum Gasteiger partial charge on any atom is -0.376 e. The van der Waals surface area contributed by atoms with Crippen molar-refractivity contribution in [1.29, 1.82) is 0 Å². The molecule has 0 unspecified atom stereocenters. The predicted octanol–water partition coefficient (Wildman–Crippen LogP) is 6.43. The summed E-state index contributed by atoms with van der Waals surface area (Å²) in [6, 6.07) is 4.83. The van der Waals surface area contributed by atoms with Gasteiger partial charge in [0.2, 0.25) is 5.91 Å². The number of carbonyl (C=O) groups is 1. The molecule has 0 bridgehead atoms. The van der Waals surface area contributed by atoms with Crippen molar-refractivity contribution in [3.63, 3.8) is 0 Å². The number of aromatic nitrogens is 1. The molecule has 0 aliphatic heterocycles. The van der Waals surface area contributed by atoms with Crippen LogP contribution in [0, 0.1) is 0 Å². The first-order valence-corrected chi connectivity index (χ1v) is 11.4. The second-order valence-electron chi connectivity index (χ2n) is 7.70. The summed E-state index contributed by atoms with van der Waals surface area (Å²) in [6.45, 7) is -0.119. The first-order valence-electron chi connectivity index (χ1n) is 10.6. The smallest absolute Gasteiger partial charge is 0.376 e. The summed E-state index contributed by atoms with van der Waals surface area (Å²) in [5, 5.41) is 6.12. The largest absolute Gasteiger partial charge is 0.416 e. The van der Waals surface area contributed by atoms with Crippen LogP contribution in [0.5, 0.6) is 0 Å². The van der Waals surface area contributed by atoms with Crippen molar-refractivity contribution in [3.8, 4) is 0 Å². The molecule has 1 heterocycles. The Balaban J connectivity index is 1.57. The van der Waals surface area contributed by atoms with E-state index >= 15 is 0 Å². The minimum absolute atomic E-state index is 0.119. The van der Waals surface area contributed by atoms with E-state index in [1.165, 1.54) is 66.9 Å². The number of hydrogen-bond donors (Lipinski definition) is 2. The number of rotatable bonds is 4. The van der Waals surface area contributed by atoms with Gasteiger partial charge in [-0.15, -0.1) is 11.3 Å². The lowest BCUT2D eigenvalue weighted by atomic mass is 10.0. The van der Waals surface area contributed by atoms with E-state index < -0.39 is 11.7 Å². The normalized spacial score (nSPS) is 16.1. The molecule has 0 fully saturated rings. The Labute approximate surface area is 179 Å². The Morgan fingerprint density at radius 2 is 1.67 bits per heavy atom. The van der Waals surface area contributed by atoms with Crippen LogP contribution in [0.2, 0.25) is 0 Å². The molecular weight excluding hydrogens is 411 g/mol. The molecule has 2 N–H and O–H groups in total. The maximum atomic E-state index is 12.8. The molecule has 30 heavy (non-hydrogen) atoms. The molecule has 1 amide bonds. The minimum atomic E-state index is -4.41. The van der Waals surface area contributed by atoms with E-state index in [0.29, 0.717) is 5.13 Å². The number of alkyl halides is 3. The van der Waals surface area contributed by atoms with Crippen molar-refractivity contribution in [2.75, 3.05) is 17.2 Å². The van der Waals surface area contributed by atoms with Crippen LogP contribution in [-0.4, -0.2) is 17.4 Å². The highest BCUT2D eigenvalue weighted by atomic mass is 32.1. The Bertz CT molecular complexity index is 806. The summed E-state index contributed by atoms with van der Waals surface area (Å²) < 4.78 is 38.4. The van der Waals surface area contributed by atoms with E-state index in [0.717, 1.165) is 43.5 Å². The molecule has 164 valence electrons. The number of hydrogen-bond acceptors (Lipinski definition) is 4. The number of nitrogens with zero attached hydrogens (tertiary/aromatic N) is 1. The molecule has 1 aromatic carbocycles. The molecule has 0 radical (unpaired) electrons. The molecule has 0 saturated carbocycles. The fraction of sp³-hybridized carbons (Fsp3) is 0.545. The van der Waals surface area contributed by atoms with Gasteiger partial charge in [-0.1, -0.05) is 44.6 Å². The first-order chi connectivity index (χ1) is 14.4. The standard InChI is InChI=1S/C22H28F3N3OS/c23-22(24,25)16-10-9-11-17(14-16)26-15-20(29)28-21-27-18-12-7-5-3-1-2-4-6-8-13-19(18)30-21/h9-11,14,26H,1-8,12-13,15H2,(H,27,28,29). The third-order valence-electron chi connectivity index (χ3n) is 5.23. The zero-order chi connectivity index (χ0) is 21.4. The van der Waals surface area contributed by atoms with Crippen LogP contribution in [0.4, 0.5) is 24.0 Å². The van der Waals surface area contributed by atoms with Gasteiger partial charge in [0.25, 0.3) is 0 Å². The second-order valence-corrected chi connectivity index (χ2v) is 8.78. The third kappa shape index (κ3) is 7.00. The topological polar surface area (TPSA) is 54.0 Å². The number of halogens is 3. The average molecular weight is 440 g/mol. The van der Waals surface area contributed by atoms with Gasteiger partial charge in [-0.3, -0.25) is 4.79 Å². The highest BCUT2D eigenvalue weighted by Crippen LogP contribution is 2.31. The molecule has 3 rings (SSSR count). The number of amides is 1. The summed E-state index contributed by atoms with van der Waals surface area (Å²) in [5.74, 6) is -0.322. The zero-order valence-corrected chi connectivity index (χ0v) is 17.8. The Morgan fingerprint density at radius 1 is 1.00 bits per heavy atom. The molecule has 1 aromatic heterocycles. The van der Waals surface area contributed by atoms with Crippen molar-refractivity contribution in [1.82, 2.24) is 4.98 Å². The molecule has 0 spiro atoms. The quantitative estimate of drug-likeness (QED) is 0.577. The highest BCUT2D eigenvalue weighted by molar-refractivity contribution is 7.15. The second kappa shape index (κ2) is 10.8. The number of aryl methyl sites for hydroxylation is 2. The average Bonchev–Trinajstić information content (AvgIpc) is 3.07. The SMILES string of the molecule is O=C(CNc1cccc(C(F)(F)F)c1)Nc1nc2c(s1)CCCCCCCCCC2. The molecule has 0 saturated heterocycles. The van der Waals surface area contributed by atoms with Crippen molar-refractivity contribution in [3.05, 3.63) is 40.4 Å². The van der Waals surface area contributed by atoms with Crippen LogP contribution in [0.3, 0.4) is 0 Å². The van der Waals surface area contributed by atoms with Gasteiger partial charge in [0.05, 0.1) is 17.8 Å². The molecule has 4 nitrogen and oxygen atoms in total. The molecule has 1 aliphatic rings. The van der Waals surface area contributed by atoms with E-state index in [9.17, 15) is 18.0 Å². The summed E-state index contributed by atoms with van der Waals surface area (Å²) in [5.41, 5.74) is 0.596. The Morgan fingerprint density at radius 3 is 2.37 bits per heavy atom. The van der Waals surface area contributed by atoms with Gasteiger partial charge in [0.1, 0.15) is 0 Å². The molecule has 1 aliphatic carbocycles. The lowest BCUT2D eigenvalue weighted by molar-refractivity contribution is -0.137. The molecular formula is C22H28F3N3OS. The summed E-state index contributed by atoms with van der Waals surface area (Å²) in [6.07, 6.45) is 7.37. The maximum Gasteiger partial charge on any atom is 0.416 e. The van der Waals surface area contributed by atoms with E-state index in [2.05, 4.69) is 15.6 Å². The van der Waals surface area contributed by atoms with Gasteiger partial charge in [-0.2, -0.15) is 13.2 Å². The molecule has 0 atom stereocenters. The number of fused-ring (bicyclic) bond motifs is 1. The number of thiazole rings is 1. The summed E-state index contributed by atoms with van der Waals surface area (Å²) in [7, 11) is 0. The van der Waals surface area contributed by atoms with Crippen LogP contribution in [0.25, 0.3) is 0 Å². The predicted molar refractivity (Wildman–Crippen MR) is 115 cm³/mol. The van der Waals surface area contributed by atoms with E-state index in [1.54, 1.807) is 0 Å². The highest BCUT2D eigenvalue weighted by Gasteiger charge is 2.30. The lowest BCUT2D eigenvalue weighted by Gasteiger charge is -2.10. The summed E-state index contributed by atoms with van der Waals surface area (Å²) >= 11 is 1.52. The van der Waals surface area contributed by atoms with Crippen LogP contribution in [0.15, 0.2) is 24.3 Å². The third-order valence-corrected chi connectivity index (χ3v) is 6.31. The summed E-state index contributed by atoms with van der Waals surface area (Å²) in [4.78, 5) is 18.2. The van der Waals surface area contributed by atoms with Crippen LogP contribution in [-0.2, 0) is 23.8 Å². The van der Waals surface area contributed by atoms with Crippen molar-refractivity contribution < 1.29 is 18.0 Å². The Hall–Kier alpha value is -2.09. The van der Waals surface area contributed by atoms with Crippen LogP contribution >= 0.6 is 11.3 Å². The number of benzene rings is 1. The molecule has 8 heteroatoms. The fourth-order valence-electron chi connectivity index (χ4n) is 3.62. The van der Waals surface area contributed by atoms with Gasteiger partial charge < -0.3 is 10.6 Å². The number of anilines is 2. The van der Waals surface area contributed by atoms with Crippen molar-refractivity contribution in [2.24, 2.45) is 0 Å². The van der Waals surface area contributed by atoms with Crippen LogP contribution in [0.1, 0.15) is 67.5 Å². The van der Waals surface area contributed by atoms with Crippen molar-refractivity contribution >= 4 is 28.1 Å². The van der Waals surface area contributed by atoms with Gasteiger partial charge >= 0.3 is 6.18 Å². The van der Waals surface area contributed by atoms with Gasteiger partial charge in [0, 0.05) is 10.6 Å². The maximum absolute atomic E-state index is 12.8. The van der Waals surface area contributed by atoms with Crippen molar-refractivity contribution in [2.45, 2.75) is 70.4 Å². The first kappa shape index (κ1) is 22.6. The lowest BCUT2D eigenvalue weighted by Crippen LogP contribution is -2.21. The number of carbonyl (C=O) groups excluding carboxylic acids is 1.